The monoisotopic (exact) mass is 171 g/mol. The zero-order valence-corrected chi connectivity index (χ0v) is 7.71. The van der Waals surface area contributed by atoms with Gasteiger partial charge in [0, 0.05) is 0 Å². The predicted octanol–water partition coefficient (Wildman–Crippen LogP) is -0.243. The van der Waals surface area contributed by atoms with Crippen LogP contribution in [0.25, 0.3) is 0 Å². The number of carbonyl (C=O) groups excluding carboxylic acids is 1. The van der Waals surface area contributed by atoms with Crippen molar-refractivity contribution in [2.75, 3.05) is 26.2 Å². The molecular formula is C9H17NO2. The first-order valence-electron chi connectivity index (χ1n) is 4.73. The Morgan fingerprint density at radius 1 is 1.33 bits per heavy atom. The van der Waals surface area contributed by atoms with Crippen molar-refractivity contribution in [1.82, 2.24) is 0 Å². The summed E-state index contributed by atoms with van der Waals surface area (Å²) in [4.78, 5) is 10.5. The van der Waals surface area contributed by atoms with Crippen molar-refractivity contribution in [3.63, 3.8) is 0 Å². The Balaban J connectivity index is 2.53. The van der Waals surface area contributed by atoms with Gasteiger partial charge in [-0.25, -0.2) is 0 Å². The Morgan fingerprint density at radius 2 is 1.92 bits per heavy atom. The lowest BCUT2D eigenvalue weighted by Crippen LogP contribution is -2.56. The summed E-state index contributed by atoms with van der Waals surface area (Å²) in [6, 6.07) is 0. The molecule has 1 aliphatic rings. The number of nitrogens with zero attached hydrogens (tertiary/aromatic N) is 1. The maximum absolute atomic E-state index is 10.5. The molecule has 0 amide bonds. The highest BCUT2D eigenvalue weighted by Gasteiger charge is 2.27. The van der Waals surface area contributed by atoms with Gasteiger partial charge in [0.05, 0.1) is 25.6 Å². The smallest absolute Gasteiger partial charge is 0.119 e. The summed E-state index contributed by atoms with van der Waals surface area (Å²) in [6.07, 6.45) is 3.59. The zero-order chi connectivity index (χ0) is 9.03. The molecule has 0 bridgehead atoms. The third-order valence-electron chi connectivity index (χ3n) is 2.90. The molecule has 3 nitrogen and oxygen atoms in total. The summed E-state index contributed by atoms with van der Waals surface area (Å²) in [7, 11) is 0. The highest BCUT2D eigenvalue weighted by molar-refractivity contribution is 5.65. The van der Waals surface area contributed by atoms with Crippen molar-refractivity contribution >= 4 is 5.97 Å². The van der Waals surface area contributed by atoms with Gasteiger partial charge in [0.25, 0.3) is 0 Å². The summed E-state index contributed by atoms with van der Waals surface area (Å²) in [6.45, 7) is 5.23. The van der Waals surface area contributed by atoms with Gasteiger partial charge in [-0.1, -0.05) is 0 Å². The minimum absolute atomic E-state index is 0.205. The molecule has 0 radical (unpaired) electrons. The number of carboxylic acids is 1. The van der Waals surface area contributed by atoms with E-state index in [-0.39, 0.29) is 6.54 Å². The second-order valence-corrected chi connectivity index (χ2v) is 3.70. The summed E-state index contributed by atoms with van der Waals surface area (Å²) >= 11 is 0. The molecule has 12 heavy (non-hydrogen) atoms. The van der Waals surface area contributed by atoms with Crippen molar-refractivity contribution in [1.29, 1.82) is 0 Å². The van der Waals surface area contributed by atoms with Gasteiger partial charge < -0.3 is 14.4 Å². The number of piperidine rings is 1. The largest absolute Gasteiger partial charge is 0.544 e. The first-order valence-corrected chi connectivity index (χ1v) is 4.73. The molecule has 0 aromatic carbocycles. The number of carboxylic acid groups (broad SMARTS) is 1. The van der Waals surface area contributed by atoms with Gasteiger partial charge in [-0.3, -0.25) is 0 Å². The van der Waals surface area contributed by atoms with Crippen molar-refractivity contribution in [3.05, 3.63) is 0 Å². The Hall–Kier alpha value is -0.570. The lowest BCUT2D eigenvalue weighted by Gasteiger charge is -2.40. The number of hydrogen-bond acceptors (Lipinski definition) is 2. The van der Waals surface area contributed by atoms with E-state index in [2.05, 4.69) is 6.92 Å². The SMILES string of the molecule is CC[N+]1(CC(=O)[O-])CCCCC1. The van der Waals surface area contributed by atoms with Gasteiger partial charge in [-0.15, -0.1) is 0 Å². The van der Waals surface area contributed by atoms with Gasteiger partial charge in [-0.05, 0) is 26.2 Å². The molecule has 1 aliphatic heterocycles. The van der Waals surface area contributed by atoms with E-state index in [9.17, 15) is 9.90 Å². The predicted molar refractivity (Wildman–Crippen MR) is 44.3 cm³/mol. The van der Waals surface area contributed by atoms with Gasteiger partial charge in [0.2, 0.25) is 0 Å². The van der Waals surface area contributed by atoms with Crippen LogP contribution in [0.3, 0.4) is 0 Å². The van der Waals surface area contributed by atoms with Crippen LogP contribution in [-0.2, 0) is 4.79 Å². The third-order valence-corrected chi connectivity index (χ3v) is 2.90. The second-order valence-electron chi connectivity index (χ2n) is 3.70. The molecule has 0 N–H and O–H groups in total. The number of aliphatic carboxylic acids is 1. The molecule has 0 unspecified atom stereocenters. The fourth-order valence-corrected chi connectivity index (χ4v) is 2.04. The number of rotatable bonds is 3. The second kappa shape index (κ2) is 3.90. The number of carbonyl (C=O) groups is 1. The Bertz CT molecular complexity index is 162. The molecule has 1 rings (SSSR count). The zero-order valence-electron chi connectivity index (χ0n) is 7.71. The van der Waals surface area contributed by atoms with E-state index in [1.807, 2.05) is 0 Å². The lowest BCUT2D eigenvalue weighted by molar-refractivity contribution is -0.925. The summed E-state index contributed by atoms with van der Waals surface area (Å²) < 4.78 is 0.738. The first kappa shape index (κ1) is 9.52. The molecule has 1 saturated heterocycles. The van der Waals surface area contributed by atoms with E-state index >= 15 is 0 Å². The van der Waals surface area contributed by atoms with E-state index in [0.29, 0.717) is 0 Å². The topological polar surface area (TPSA) is 40.1 Å². The molecule has 1 heterocycles. The van der Waals surface area contributed by atoms with Crippen molar-refractivity contribution in [3.8, 4) is 0 Å². The Kier molecular flexibility index (Phi) is 3.09. The Labute approximate surface area is 73.6 Å². The molecule has 1 fully saturated rings. The standard InChI is InChI=1S/C9H17NO2/c1-2-10(8-9(11)12)6-4-3-5-7-10/h2-8H2,1H3. The molecule has 0 aromatic heterocycles. The van der Waals surface area contributed by atoms with Crippen LogP contribution in [0, 0.1) is 0 Å². The molecule has 0 aliphatic carbocycles. The molecular weight excluding hydrogens is 154 g/mol. The van der Waals surface area contributed by atoms with Gasteiger partial charge in [0.1, 0.15) is 6.54 Å². The fourth-order valence-electron chi connectivity index (χ4n) is 2.04. The van der Waals surface area contributed by atoms with Crippen LogP contribution in [0.2, 0.25) is 0 Å². The van der Waals surface area contributed by atoms with Gasteiger partial charge >= 0.3 is 0 Å². The maximum Gasteiger partial charge on any atom is 0.119 e. The van der Waals surface area contributed by atoms with Gasteiger partial charge in [-0.2, -0.15) is 0 Å². The average Bonchev–Trinajstić information content (AvgIpc) is 2.05. The van der Waals surface area contributed by atoms with Crippen molar-refractivity contribution < 1.29 is 14.4 Å². The Morgan fingerprint density at radius 3 is 2.33 bits per heavy atom. The summed E-state index contributed by atoms with van der Waals surface area (Å²) in [5.74, 6) is -0.904. The minimum atomic E-state index is -0.904. The van der Waals surface area contributed by atoms with E-state index in [1.54, 1.807) is 0 Å². The minimum Gasteiger partial charge on any atom is -0.544 e. The number of likely N-dealkylation sites (tertiary alicyclic amines) is 1. The van der Waals surface area contributed by atoms with Crippen molar-refractivity contribution in [2.24, 2.45) is 0 Å². The van der Waals surface area contributed by atoms with Crippen LogP contribution < -0.4 is 5.11 Å². The molecule has 3 heteroatoms. The van der Waals surface area contributed by atoms with Crippen LogP contribution in [-0.4, -0.2) is 36.6 Å². The molecule has 0 saturated carbocycles. The average molecular weight is 171 g/mol. The maximum atomic E-state index is 10.5. The molecule has 70 valence electrons. The molecule has 0 atom stereocenters. The van der Waals surface area contributed by atoms with Crippen LogP contribution in [0.1, 0.15) is 26.2 Å². The van der Waals surface area contributed by atoms with E-state index in [0.717, 1.165) is 24.1 Å². The first-order chi connectivity index (χ1) is 5.68. The lowest BCUT2D eigenvalue weighted by atomic mass is 10.1. The van der Waals surface area contributed by atoms with E-state index in [4.69, 9.17) is 0 Å². The quantitative estimate of drug-likeness (QED) is 0.550. The number of hydrogen-bond donors (Lipinski definition) is 0. The highest BCUT2D eigenvalue weighted by atomic mass is 16.4. The van der Waals surface area contributed by atoms with Crippen LogP contribution in [0.15, 0.2) is 0 Å². The third kappa shape index (κ3) is 2.21. The normalized spacial score (nSPS) is 22.1. The van der Waals surface area contributed by atoms with E-state index in [1.165, 1.54) is 19.3 Å². The van der Waals surface area contributed by atoms with Crippen LogP contribution in [0.5, 0.6) is 0 Å². The van der Waals surface area contributed by atoms with E-state index < -0.39 is 5.97 Å². The fraction of sp³-hybridized carbons (Fsp3) is 0.889. The van der Waals surface area contributed by atoms with Crippen LogP contribution >= 0.6 is 0 Å². The van der Waals surface area contributed by atoms with Crippen molar-refractivity contribution in [2.45, 2.75) is 26.2 Å². The summed E-state index contributed by atoms with van der Waals surface area (Å²) in [5, 5.41) is 10.5. The van der Waals surface area contributed by atoms with Crippen LogP contribution in [0.4, 0.5) is 0 Å². The summed E-state index contributed by atoms with van der Waals surface area (Å²) in [5.41, 5.74) is 0. The van der Waals surface area contributed by atoms with Gasteiger partial charge in [0.15, 0.2) is 0 Å². The number of quaternary nitrogens is 1. The number of likely N-dealkylation sites (N-methyl/N-ethyl adjacent to an activating group) is 1. The molecule has 0 spiro atoms. The molecule has 0 aromatic rings. The highest BCUT2D eigenvalue weighted by Crippen LogP contribution is 2.17.